The molecule has 3 unspecified atom stereocenters. The fourth-order valence-corrected chi connectivity index (χ4v) is 7.11. The molecule has 0 bridgehead atoms. The Morgan fingerprint density at radius 1 is 1.26 bits per heavy atom. The number of nitriles is 1. The number of benzene rings is 1. The maximum absolute atomic E-state index is 12.7. The first kappa shape index (κ1) is 28.2. The Kier molecular flexibility index (Phi) is 7.65. The molecule has 0 radical (unpaired) electrons. The zero-order valence-corrected chi connectivity index (χ0v) is 24.5. The molecule has 3 aromatic rings. The number of nitrogens with one attached hydrogen (secondary N) is 1. The lowest BCUT2D eigenvalue weighted by Crippen LogP contribution is -2.55. The van der Waals surface area contributed by atoms with E-state index >= 15 is 0 Å². The summed E-state index contributed by atoms with van der Waals surface area (Å²) in [6.07, 6.45) is 3.48. The molecule has 3 aliphatic heterocycles. The van der Waals surface area contributed by atoms with Gasteiger partial charge < -0.3 is 24.0 Å². The van der Waals surface area contributed by atoms with Gasteiger partial charge in [0.15, 0.2) is 11.9 Å². The highest BCUT2D eigenvalue weighted by atomic mass is 32.2. The molecule has 2 fully saturated rings. The molecule has 0 spiro atoms. The molecule has 13 nitrogen and oxygen atoms in total. The molecule has 222 valence electrons. The van der Waals surface area contributed by atoms with Crippen LogP contribution in [-0.2, 0) is 10.0 Å². The van der Waals surface area contributed by atoms with E-state index in [2.05, 4.69) is 39.8 Å². The van der Waals surface area contributed by atoms with Crippen LogP contribution >= 0.6 is 0 Å². The number of aromatic nitrogens is 4. The number of sulfonamides is 1. The van der Waals surface area contributed by atoms with E-state index in [-0.39, 0.29) is 44.0 Å². The van der Waals surface area contributed by atoms with Crippen LogP contribution in [0.5, 0.6) is 17.6 Å². The molecule has 14 heteroatoms. The monoisotopic (exact) mass is 594 g/mol. The van der Waals surface area contributed by atoms with Crippen molar-refractivity contribution < 1.29 is 22.6 Å². The third kappa shape index (κ3) is 5.23. The number of piperazine rings is 1. The molecule has 2 aromatic heterocycles. The van der Waals surface area contributed by atoms with Crippen molar-refractivity contribution in [3.63, 3.8) is 0 Å². The van der Waals surface area contributed by atoms with Crippen molar-refractivity contribution in [3.05, 3.63) is 41.4 Å². The summed E-state index contributed by atoms with van der Waals surface area (Å²) in [5.41, 5.74) is 2.89. The van der Waals surface area contributed by atoms with Crippen LogP contribution in [0.2, 0.25) is 0 Å². The van der Waals surface area contributed by atoms with Crippen molar-refractivity contribution in [3.8, 4) is 23.7 Å². The van der Waals surface area contributed by atoms with Gasteiger partial charge in [-0.15, -0.1) is 0 Å². The number of fused-ring (bicyclic) bond motifs is 2. The molecule has 3 aliphatic rings. The van der Waals surface area contributed by atoms with Crippen molar-refractivity contribution in [2.75, 3.05) is 51.3 Å². The highest BCUT2D eigenvalue weighted by Gasteiger charge is 2.38. The molecular formula is C28H34N8O5S. The van der Waals surface area contributed by atoms with E-state index in [1.807, 2.05) is 24.0 Å². The normalized spacial score (nSPS) is 23.2. The summed E-state index contributed by atoms with van der Waals surface area (Å²) in [6, 6.07) is 5.93. The minimum atomic E-state index is -3.71. The highest BCUT2D eigenvalue weighted by molar-refractivity contribution is 7.92. The Bertz CT molecular complexity index is 1640. The molecule has 0 amide bonds. The Morgan fingerprint density at radius 3 is 2.88 bits per heavy atom. The second-order valence-electron chi connectivity index (χ2n) is 10.9. The lowest BCUT2D eigenvalue weighted by molar-refractivity contribution is 0.0826. The van der Waals surface area contributed by atoms with Crippen LogP contribution in [0.25, 0.3) is 10.9 Å². The average Bonchev–Trinajstić information content (AvgIpc) is 3.64. The molecule has 0 saturated carbocycles. The number of hydrogen-bond acceptors (Lipinski definition) is 11. The van der Waals surface area contributed by atoms with E-state index < -0.39 is 22.2 Å². The Morgan fingerprint density at radius 2 is 2.12 bits per heavy atom. The summed E-state index contributed by atoms with van der Waals surface area (Å²) in [6.45, 7) is 7.84. The second-order valence-corrected chi connectivity index (χ2v) is 12.7. The SMILES string of the molecule is C=CS(=O)(=O)N1CCN(c2nc(OCC3CCCN3C)nc3c2OCC(c2c(C)ccc4[nH]ncc24)O3)CC1CC#N. The van der Waals surface area contributed by atoms with Crippen molar-refractivity contribution in [1.29, 1.82) is 5.26 Å². The summed E-state index contributed by atoms with van der Waals surface area (Å²) < 4.78 is 45.6. The molecule has 0 aliphatic carbocycles. The van der Waals surface area contributed by atoms with Gasteiger partial charge >= 0.3 is 6.01 Å². The molecule has 1 aromatic carbocycles. The number of nitrogens with zero attached hydrogens (tertiary/aromatic N) is 7. The van der Waals surface area contributed by atoms with Gasteiger partial charge in [-0.25, -0.2) is 8.42 Å². The Balaban J connectivity index is 1.34. The first-order valence-electron chi connectivity index (χ1n) is 14.0. The number of likely N-dealkylation sites (N-methyl/N-ethyl adjacent to an activating group) is 1. The van der Waals surface area contributed by atoms with Crippen molar-refractivity contribution in [2.24, 2.45) is 0 Å². The van der Waals surface area contributed by atoms with E-state index in [1.165, 1.54) is 4.31 Å². The van der Waals surface area contributed by atoms with Gasteiger partial charge in [-0.05, 0) is 45.0 Å². The van der Waals surface area contributed by atoms with E-state index in [1.54, 1.807) is 6.20 Å². The van der Waals surface area contributed by atoms with E-state index in [4.69, 9.17) is 19.2 Å². The fraction of sp³-hybridized carbons (Fsp3) is 0.500. The molecule has 2 saturated heterocycles. The zero-order valence-electron chi connectivity index (χ0n) is 23.7. The largest absolute Gasteiger partial charge is 0.481 e. The van der Waals surface area contributed by atoms with E-state index in [9.17, 15) is 13.7 Å². The van der Waals surface area contributed by atoms with Gasteiger partial charge in [0.25, 0.3) is 5.88 Å². The fourth-order valence-electron chi connectivity index (χ4n) is 6.02. The maximum atomic E-state index is 12.7. The predicted molar refractivity (Wildman–Crippen MR) is 155 cm³/mol. The third-order valence-corrected chi connectivity index (χ3v) is 9.86. The van der Waals surface area contributed by atoms with Crippen molar-refractivity contribution in [2.45, 2.75) is 44.4 Å². The van der Waals surface area contributed by atoms with Gasteiger partial charge in [0.05, 0.1) is 30.2 Å². The number of ether oxygens (including phenoxy) is 3. The van der Waals surface area contributed by atoms with Crippen molar-refractivity contribution >= 4 is 26.7 Å². The van der Waals surface area contributed by atoms with Gasteiger partial charge in [-0.1, -0.05) is 12.6 Å². The number of rotatable bonds is 8. The highest BCUT2D eigenvalue weighted by Crippen LogP contribution is 2.44. The van der Waals surface area contributed by atoms with Crippen LogP contribution in [-0.4, -0.2) is 96.3 Å². The number of H-pyrrole nitrogens is 1. The van der Waals surface area contributed by atoms with Crippen LogP contribution in [0.1, 0.15) is 36.5 Å². The first-order chi connectivity index (χ1) is 20.3. The van der Waals surface area contributed by atoms with Crippen LogP contribution in [0, 0.1) is 18.3 Å². The van der Waals surface area contributed by atoms with Crippen LogP contribution in [0.15, 0.2) is 30.3 Å². The zero-order chi connectivity index (χ0) is 29.4. The first-order valence-corrected chi connectivity index (χ1v) is 15.5. The minimum absolute atomic E-state index is 0.0155. The smallest absolute Gasteiger partial charge is 0.322 e. The van der Waals surface area contributed by atoms with Gasteiger partial charge in [-0.3, -0.25) is 5.10 Å². The maximum Gasteiger partial charge on any atom is 0.322 e. The standard InChI is InChI=1S/C28H34N8O5S/c1-4-42(37,38)36-13-12-35(15-19(36)9-10-29)26-25-27(32-28(31-26)40-16-20-6-5-11-34(20)3)41-23(17-39-25)24-18(2)7-8-22-21(24)14-30-33-22/h4,7-8,14,19-20,23H,1,5-6,9,11-13,15-17H2,2-3H3,(H,30,33). The van der Waals surface area contributed by atoms with Gasteiger partial charge in [0.2, 0.25) is 15.8 Å². The lowest BCUT2D eigenvalue weighted by atomic mass is 9.99. The van der Waals surface area contributed by atoms with Crippen molar-refractivity contribution in [1.82, 2.24) is 29.4 Å². The molecule has 6 rings (SSSR count). The summed E-state index contributed by atoms with van der Waals surface area (Å²) >= 11 is 0. The van der Waals surface area contributed by atoms with Crippen LogP contribution in [0.3, 0.4) is 0 Å². The number of anilines is 1. The predicted octanol–water partition coefficient (Wildman–Crippen LogP) is 2.52. The van der Waals surface area contributed by atoms with Gasteiger partial charge in [0.1, 0.15) is 13.2 Å². The second kappa shape index (κ2) is 11.4. The molecular weight excluding hydrogens is 560 g/mol. The molecule has 1 N–H and O–H groups in total. The van der Waals surface area contributed by atoms with E-state index in [0.29, 0.717) is 24.7 Å². The molecule has 42 heavy (non-hydrogen) atoms. The molecule has 3 atom stereocenters. The molecule has 5 heterocycles. The van der Waals surface area contributed by atoms with Crippen LogP contribution < -0.4 is 19.1 Å². The summed E-state index contributed by atoms with van der Waals surface area (Å²) in [5.74, 6) is 1.07. The van der Waals surface area contributed by atoms with Gasteiger partial charge in [0, 0.05) is 42.0 Å². The number of hydrogen-bond donors (Lipinski definition) is 1. The van der Waals surface area contributed by atoms with Gasteiger partial charge in [-0.2, -0.15) is 24.6 Å². The number of aryl methyl sites for hydroxylation is 1. The summed E-state index contributed by atoms with van der Waals surface area (Å²) in [7, 11) is -1.63. The lowest BCUT2D eigenvalue weighted by Gasteiger charge is -2.40. The summed E-state index contributed by atoms with van der Waals surface area (Å²) in [4.78, 5) is 13.5. The summed E-state index contributed by atoms with van der Waals surface area (Å²) in [5, 5.41) is 18.5. The van der Waals surface area contributed by atoms with Crippen LogP contribution in [0.4, 0.5) is 5.82 Å². The topological polar surface area (TPSA) is 150 Å². The number of aromatic amines is 1. The third-order valence-electron chi connectivity index (χ3n) is 8.30. The quantitative estimate of drug-likeness (QED) is 0.410. The minimum Gasteiger partial charge on any atom is -0.481 e. The van der Waals surface area contributed by atoms with E-state index in [0.717, 1.165) is 46.8 Å². The average molecular weight is 595 g/mol. The number of likely N-dealkylation sites (tertiary alicyclic amines) is 1. The Labute approximate surface area is 244 Å². The Hall–Kier alpha value is -3.93.